The Bertz CT molecular complexity index is 389. The van der Waals surface area contributed by atoms with Crippen molar-refractivity contribution in [1.82, 2.24) is 5.32 Å². The summed E-state index contributed by atoms with van der Waals surface area (Å²) in [6.07, 6.45) is 6.21. The zero-order valence-corrected chi connectivity index (χ0v) is 11.5. The maximum Gasteiger partial charge on any atom is 0.123 e. The molecule has 0 aliphatic heterocycles. The van der Waals surface area contributed by atoms with Crippen LogP contribution < -0.4 is 5.32 Å². The van der Waals surface area contributed by atoms with Crippen LogP contribution in [0.1, 0.15) is 43.7 Å². The van der Waals surface area contributed by atoms with Gasteiger partial charge in [-0.05, 0) is 68.3 Å². The van der Waals surface area contributed by atoms with Crippen LogP contribution in [-0.4, -0.2) is 12.6 Å². The molecule has 2 unspecified atom stereocenters. The van der Waals surface area contributed by atoms with Crippen LogP contribution in [0.3, 0.4) is 0 Å². The summed E-state index contributed by atoms with van der Waals surface area (Å²) in [5.74, 6) is 0.601. The van der Waals surface area contributed by atoms with E-state index in [4.69, 9.17) is 0 Å². The summed E-state index contributed by atoms with van der Waals surface area (Å²) in [4.78, 5) is 0. The zero-order chi connectivity index (χ0) is 13.0. The predicted octanol–water partition coefficient (Wildman–Crippen LogP) is 3.84. The van der Waals surface area contributed by atoms with E-state index in [1.807, 2.05) is 13.0 Å². The lowest BCUT2D eigenvalue weighted by atomic mass is 9.92. The minimum absolute atomic E-state index is 0.122. The fourth-order valence-electron chi connectivity index (χ4n) is 3.05. The van der Waals surface area contributed by atoms with Crippen LogP contribution in [0.2, 0.25) is 0 Å². The number of hydrogen-bond acceptors (Lipinski definition) is 1. The largest absolute Gasteiger partial charge is 0.314 e. The van der Waals surface area contributed by atoms with E-state index in [1.165, 1.54) is 31.2 Å². The zero-order valence-electron chi connectivity index (χ0n) is 11.5. The monoisotopic (exact) mass is 249 g/mol. The third-order valence-corrected chi connectivity index (χ3v) is 4.10. The molecule has 1 aromatic carbocycles. The third-order valence-electron chi connectivity index (χ3n) is 4.10. The van der Waals surface area contributed by atoms with Crippen molar-refractivity contribution in [2.24, 2.45) is 5.92 Å². The van der Waals surface area contributed by atoms with Gasteiger partial charge in [0.25, 0.3) is 0 Å². The first-order chi connectivity index (χ1) is 8.70. The Labute approximate surface area is 110 Å². The smallest absolute Gasteiger partial charge is 0.123 e. The molecule has 1 aromatic rings. The molecular formula is C16H24FN. The van der Waals surface area contributed by atoms with E-state index in [1.54, 1.807) is 12.1 Å². The van der Waals surface area contributed by atoms with Crippen LogP contribution in [0.25, 0.3) is 0 Å². The molecule has 1 aliphatic rings. The number of rotatable bonds is 5. The van der Waals surface area contributed by atoms with E-state index < -0.39 is 0 Å². The lowest BCUT2D eigenvalue weighted by Crippen LogP contribution is -2.33. The predicted molar refractivity (Wildman–Crippen MR) is 74.3 cm³/mol. The second kappa shape index (κ2) is 6.33. The van der Waals surface area contributed by atoms with Gasteiger partial charge >= 0.3 is 0 Å². The van der Waals surface area contributed by atoms with Gasteiger partial charge < -0.3 is 5.32 Å². The first-order valence-electron chi connectivity index (χ1n) is 7.19. The molecule has 0 aromatic heterocycles. The van der Waals surface area contributed by atoms with Gasteiger partial charge in [-0.15, -0.1) is 0 Å². The highest BCUT2D eigenvalue weighted by molar-refractivity contribution is 5.27. The molecule has 18 heavy (non-hydrogen) atoms. The van der Waals surface area contributed by atoms with Gasteiger partial charge in [-0.2, -0.15) is 0 Å². The van der Waals surface area contributed by atoms with Crippen LogP contribution in [-0.2, 0) is 6.42 Å². The van der Waals surface area contributed by atoms with Crippen molar-refractivity contribution in [2.75, 3.05) is 6.54 Å². The maximum atomic E-state index is 13.1. The highest BCUT2D eigenvalue weighted by Crippen LogP contribution is 2.29. The molecule has 0 heterocycles. The molecule has 1 fully saturated rings. The molecule has 0 spiro atoms. The Morgan fingerprint density at radius 3 is 2.89 bits per heavy atom. The maximum absolute atomic E-state index is 13.1. The van der Waals surface area contributed by atoms with E-state index in [2.05, 4.69) is 12.2 Å². The van der Waals surface area contributed by atoms with E-state index in [0.717, 1.165) is 24.4 Å². The van der Waals surface area contributed by atoms with Crippen LogP contribution >= 0.6 is 0 Å². The number of nitrogens with one attached hydrogen (secondary N) is 1. The molecule has 0 radical (unpaired) electrons. The molecule has 0 amide bonds. The quantitative estimate of drug-likeness (QED) is 0.836. The van der Waals surface area contributed by atoms with Gasteiger partial charge in [-0.1, -0.05) is 19.4 Å². The van der Waals surface area contributed by atoms with Gasteiger partial charge in [0.1, 0.15) is 5.82 Å². The summed E-state index contributed by atoms with van der Waals surface area (Å²) in [5, 5.41) is 3.66. The fourth-order valence-corrected chi connectivity index (χ4v) is 3.05. The SMILES string of the molecule is CCCNC1CCCC1Cc1ccc(F)cc1C. The topological polar surface area (TPSA) is 12.0 Å². The van der Waals surface area contributed by atoms with E-state index >= 15 is 0 Å². The molecule has 0 saturated heterocycles. The summed E-state index contributed by atoms with van der Waals surface area (Å²) in [6, 6.07) is 5.86. The number of halogens is 1. The third kappa shape index (κ3) is 3.32. The van der Waals surface area contributed by atoms with Gasteiger partial charge in [-0.25, -0.2) is 4.39 Å². The lowest BCUT2D eigenvalue weighted by Gasteiger charge is -2.21. The summed E-state index contributed by atoms with van der Waals surface area (Å²) in [6.45, 7) is 5.34. The van der Waals surface area contributed by atoms with Gasteiger partial charge in [0, 0.05) is 6.04 Å². The Morgan fingerprint density at radius 2 is 2.17 bits per heavy atom. The molecule has 1 nitrogen and oxygen atoms in total. The molecule has 100 valence electrons. The molecular weight excluding hydrogens is 225 g/mol. The van der Waals surface area contributed by atoms with Gasteiger partial charge in [0.05, 0.1) is 0 Å². The van der Waals surface area contributed by atoms with E-state index in [9.17, 15) is 4.39 Å². The van der Waals surface area contributed by atoms with E-state index in [-0.39, 0.29) is 5.82 Å². The summed E-state index contributed by atoms with van der Waals surface area (Å²) in [7, 11) is 0. The summed E-state index contributed by atoms with van der Waals surface area (Å²) >= 11 is 0. The molecule has 1 saturated carbocycles. The average Bonchev–Trinajstić information content (AvgIpc) is 2.77. The molecule has 1 aliphatic carbocycles. The van der Waals surface area contributed by atoms with Crippen molar-refractivity contribution >= 4 is 0 Å². The number of benzene rings is 1. The number of hydrogen-bond donors (Lipinski definition) is 1. The molecule has 2 rings (SSSR count). The lowest BCUT2D eigenvalue weighted by molar-refractivity contribution is 0.398. The highest BCUT2D eigenvalue weighted by atomic mass is 19.1. The molecule has 0 bridgehead atoms. The first kappa shape index (κ1) is 13.5. The van der Waals surface area contributed by atoms with Crippen LogP contribution in [0.15, 0.2) is 18.2 Å². The van der Waals surface area contributed by atoms with Crippen LogP contribution in [0, 0.1) is 18.7 Å². The normalized spacial score (nSPS) is 23.5. The van der Waals surface area contributed by atoms with Crippen molar-refractivity contribution in [3.63, 3.8) is 0 Å². The van der Waals surface area contributed by atoms with Crippen LogP contribution in [0.5, 0.6) is 0 Å². The Kier molecular flexibility index (Phi) is 4.76. The van der Waals surface area contributed by atoms with Gasteiger partial charge in [-0.3, -0.25) is 0 Å². The van der Waals surface area contributed by atoms with Crippen molar-refractivity contribution in [2.45, 2.75) is 52.0 Å². The second-order valence-electron chi connectivity index (χ2n) is 5.53. The molecule has 2 heteroatoms. The minimum Gasteiger partial charge on any atom is -0.314 e. The Morgan fingerprint density at radius 1 is 1.33 bits per heavy atom. The molecule has 2 atom stereocenters. The Hall–Kier alpha value is -0.890. The van der Waals surface area contributed by atoms with Crippen molar-refractivity contribution in [3.8, 4) is 0 Å². The second-order valence-corrected chi connectivity index (χ2v) is 5.53. The molecule has 1 N–H and O–H groups in total. The highest BCUT2D eigenvalue weighted by Gasteiger charge is 2.26. The van der Waals surface area contributed by atoms with Gasteiger partial charge in [0.15, 0.2) is 0 Å². The van der Waals surface area contributed by atoms with Crippen molar-refractivity contribution < 1.29 is 4.39 Å². The van der Waals surface area contributed by atoms with Crippen molar-refractivity contribution in [1.29, 1.82) is 0 Å². The fraction of sp³-hybridized carbons (Fsp3) is 0.625. The summed E-state index contributed by atoms with van der Waals surface area (Å²) < 4.78 is 13.1. The average molecular weight is 249 g/mol. The van der Waals surface area contributed by atoms with Crippen LogP contribution in [0.4, 0.5) is 4.39 Å². The summed E-state index contributed by atoms with van der Waals surface area (Å²) in [5.41, 5.74) is 2.41. The number of aryl methyl sites for hydroxylation is 1. The van der Waals surface area contributed by atoms with Crippen molar-refractivity contribution in [3.05, 3.63) is 35.1 Å². The Balaban J connectivity index is 1.99. The van der Waals surface area contributed by atoms with Gasteiger partial charge in [0.2, 0.25) is 0 Å². The first-order valence-corrected chi connectivity index (χ1v) is 7.19. The minimum atomic E-state index is -0.122. The van der Waals surface area contributed by atoms with E-state index in [0.29, 0.717) is 6.04 Å². The standard InChI is InChI=1S/C16H24FN/c1-3-9-18-16-6-4-5-14(16)11-13-7-8-15(17)10-12(13)2/h7-8,10,14,16,18H,3-6,9,11H2,1-2H3.